The molecule has 0 atom stereocenters. The molecule has 0 bridgehead atoms. The summed E-state index contributed by atoms with van der Waals surface area (Å²) in [5, 5.41) is 20.5. The average Bonchev–Trinajstić information content (AvgIpc) is 3.34. The van der Waals surface area contributed by atoms with Crippen molar-refractivity contribution in [2.45, 2.75) is 31.1 Å². The van der Waals surface area contributed by atoms with Crippen LogP contribution in [0.1, 0.15) is 20.3 Å². The summed E-state index contributed by atoms with van der Waals surface area (Å²) in [5.74, 6) is 0.419. The van der Waals surface area contributed by atoms with Crippen LogP contribution in [0.25, 0.3) is 11.3 Å². The van der Waals surface area contributed by atoms with Gasteiger partial charge in [0.25, 0.3) is 0 Å². The van der Waals surface area contributed by atoms with Gasteiger partial charge in [0.1, 0.15) is 5.54 Å². The minimum absolute atomic E-state index is 0.163. The molecule has 1 aliphatic rings. The summed E-state index contributed by atoms with van der Waals surface area (Å²) in [4.78, 5) is 8.76. The van der Waals surface area contributed by atoms with E-state index in [1.54, 1.807) is 54.1 Å². The average molecular weight is 442 g/mol. The Balaban J connectivity index is 1.56. The van der Waals surface area contributed by atoms with Gasteiger partial charge >= 0.3 is 0 Å². The van der Waals surface area contributed by atoms with E-state index in [1.807, 2.05) is 13.2 Å². The summed E-state index contributed by atoms with van der Waals surface area (Å²) in [7, 11) is -1.55. The third-order valence-electron chi connectivity index (χ3n) is 5.29. The smallest absolute Gasteiger partial charge is 0.227 e. The molecule has 3 aromatic heterocycles. The van der Waals surface area contributed by atoms with Gasteiger partial charge in [-0.1, -0.05) is 0 Å². The zero-order valence-electron chi connectivity index (χ0n) is 17.5. The van der Waals surface area contributed by atoms with E-state index in [9.17, 15) is 13.7 Å². The van der Waals surface area contributed by atoms with Crippen molar-refractivity contribution in [3.8, 4) is 17.3 Å². The quantitative estimate of drug-likeness (QED) is 0.582. The van der Waals surface area contributed by atoms with E-state index in [0.717, 1.165) is 11.3 Å². The predicted molar refractivity (Wildman–Crippen MR) is 114 cm³/mol. The van der Waals surface area contributed by atoms with Crippen molar-refractivity contribution in [3.05, 3.63) is 37.1 Å². The Bertz CT molecular complexity index is 1230. The Morgan fingerprint density at radius 1 is 1.26 bits per heavy atom. The molecule has 0 unspecified atom stereocenters. The van der Waals surface area contributed by atoms with E-state index < -0.39 is 20.8 Å². The van der Waals surface area contributed by atoms with Gasteiger partial charge in [-0.3, -0.25) is 9.36 Å². The summed E-state index contributed by atoms with van der Waals surface area (Å²) in [5.41, 5.74) is 1.49. The molecular formula is C19H23N9O2S. The molecule has 0 saturated carbocycles. The molecule has 3 aromatic rings. The molecule has 1 saturated heterocycles. The second kappa shape index (κ2) is 7.75. The van der Waals surface area contributed by atoms with E-state index in [1.165, 1.54) is 4.31 Å². The molecule has 0 amide bonds. The fourth-order valence-electron chi connectivity index (χ4n) is 3.48. The first kappa shape index (κ1) is 21.0. The highest BCUT2D eigenvalue weighted by Gasteiger charge is 2.50. The summed E-state index contributed by atoms with van der Waals surface area (Å²) >= 11 is 0. The number of nitriles is 1. The number of rotatable bonds is 7. The highest BCUT2D eigenvalue weighted by atomic mass is 32.2. The Hall–Kier alpha value is -3.30. The fourth-order valence-corrected chi connectivity index (χ4v) is 4.92. The highest BCUT2D eigenvalue weighted by Crippen LogP contribution is 2.36. The molecular weight excluding hydrogens is 418 g/mol. The number of hydrogen-bond acceptors (Lipinski definition) is 8. The lowest BCUT2D eigenvalue weighted by Gasteiger charge is -2.48. The number of anilines is 2. The first-order valence-electron chi connectivity index (χ1n) is 9.74. The topological polar surface area (TPSA) is 135 Å². The van der Waals surface area contributed by atoms with Gasteiger partial charge in [-0.2, -0.15) is 19.8 Å². The standard InChI is InChI=1S/C19H23N9O2S/c1-14(2)31(29,30)27-12-19(13-27,5-6-20)28-10-15(8-23-28)17-4-7-21-18(25-17)24-16-9-22-26(3)11-16/h4,7-11,14H,5,12-13H2,1-3H3,(H,21,24,25). The molecule has 1 N–H and O–H groups in total. The van der Waals surface area contributed by atoms with Crippen LogP contribution in [0.4, 0.5) is 11.6 Å². The summed E-state index contributed by atoms with van der Waals surface area (Å²) in [6.45, 7) is 3.75. The van der Waals surface area contributed by atoms with Crippen LogP contribution in [0.3, 0.4) is 0 Å². The maximum atomic E-state index is 12.4. The van der Waals surface area contributed by atoms with Crippen molar-refractivity contribution in [2.75, 3.05) is 18.4 Å². The second-order valence-electron chi connectivity index (χ2n) is 7.89. The number of aromatic nitrogens is 6. The maximum Gasteiger partial charge on any atom is 0.227 e. The van der Waals surface area contributed by atoms with Crippen molar-refractivity contribution in [1.29, 1.82) is 5.26 Å². The largest absolute Gasteiger partial charge is 0.321 e. The molecule has 31 heavy (non-hydrogen) atoms. The van der Waals surface area contributed by atoms with Crippen LogP contribution < -0.4 is 5.32 Å². The normalized spacial score (nSPS) is 16.1. The second-order valence-corrected chi connectivity index (χ2v) is 10.4. The van der Waals surface area contributed by atoms with Gasteiger partial charge in [0, 0.05) is 44.3 Å². The van der Waals surface area contributed by atoms with Crippen LogP contribution in [0, 0.1) is 11.3 Å². The van der Waals surface area contributed by atoms with Crippen molar-refractivity contribution >= 4 is 21.7 Å². The van der Waals surface area contributed by atoms with E-state index in [4.69, 9.17) is 0 Å². The predicted octanol–water partition coefficient (Wildman–Crippen LogP) is 1.48. The van der Waals surface area contributed by atoms with Gasteiger partial charge in [0.05, 0.1) is 41.5 Å². The molecule has 1 aliphatic heterocycles. The Morgan fingerprint density at radius 3 is 2.68 bits per heavy atom. The lowest BCUT2D eigenvalue weighted by molar-refractivity contribution is 0.0711. The lowest BCUT2D eigenvalue weighted by atomic mass is 9.89. The summed E-state index contributed by atoms with van der Waals surface area (Å²) in [6, 6.07) is 3.94. The van der Waals surface area contributed by atoms with E-state index in [0.29, 0.717) is 11.6 Å². The highest BCUT2D eigenvalue weighted by molar-refractivity contribution is 7.89. The van der Waals surface area contributed by atoms with Crippen LogP contribution >= 0.6 is 0 Å². The maximum absolute atomic E-state index is 12.4. The van der Waals surface area contributed by atoms with E-state index >= 15 is 0 Å². The van der Waals surface area contributed by atoms with Gasteiger partial charge in [-0.25, -0.2) is 18.4 Å². The van der Waals surface area contributed by atoms with Crippen molar-refractivity contribution in [1.82, 2.24) is 33.8 Å². The zero-order chi connectivity index (χ0) is 22.2. The third kappa shape index (κ3) is 3.89. The molecule has 0 aliphatic carbocycles. The SMILES string of the molecule is CC(C)S(=O)(=O)N1CC(CC#N)(n2cc(-c3ccnc(Nc4cnn(C)c4)n3)cn2)C1. The summed E-state index contributed by atoms with van der Waals surface area (Å²) in [6.07, 6.45) is 8.75. The van der Waals surface area contributed by atoms with Crippen LogP contribution in [0.5, 0.6) is 0 Å². The monoisotopic (exact) mass is 441 g/mol. The molecule has 0 aromatic carbocycles. The van der Waals surface area contributed by atoms with E-state index in [-0.39, 0.29) is 19.5 Å². The Labute approximate surface area is 180 Å². The molecule has 4 heterocycles. The number of aryl methyl sites for hydroxylation is 1. The third-order valence-corrected chi connectivity index (χ3v) is 7.46. The van der Waals surface area contributed by atoms with Gasteiger partial charge in [0.15, 0.2) is 0 Å². The fraction of sp³-hybridized carbons (Fsp3) is 0.421. The first-order valence-corrected chi connectivity index (χ1v) is 11.2. The van der Waals surface area contributed by atoms with Crippen LogP contribution in [-0.2, 0) is 22.6 Å². The van der Waals surface area contributed by atoms with Gasteiger partial charge in [0.2, 0.25) is 16.0 Å². The van der Waals surface area contributed by atoms with Gasteiger partial charge in [-0.15, -0.1) is 0 Å². The zero-order valence-corrected chi connectivity index (χ0v) is 18.3. The van der Waals surface area contributed by atoms with Crippen molar-refractivity contribution < 1.29 is 8.42 Å². The molecule has 1 fully saturated rings. The van der Waals surface area contributed by atoms with Gasteiger partial charge in [-0.05, 0) is 19.9 Å². The lowest BCUT2D eigenvalue weighted by Crippen LogP contribution is -2.65. The molecule has 11 nitrogen and oxygen atoms in total. The molecule has 12 heteroatoms. The molecule has 162 valence electrons. The van der Waals surface area contributed by atoms with Gasteiger partial charge < -0.3 is 5.32 Å². The number of nitrogens with one attached hydrogen (secondary N) is 1. The minimum Gasteiger partial charge on any atom is -0.321 e. The number of hydrogen-bond donors (Lipinski definition) is 1. The molecule has 0 radical (unpaired) electrons. The summed E-state index contributed by atoms with van der Waals surface area (Å²) < 4.78 is 29.6. The minimum atomic E-state index is -3.37. The molecule has 4 rings (SSSR count). The van der Waals surface area contributed by atoms with Crippen LogP contribution in [0.15, 0.2) is 37.1 Å². The van der Waals surface area contributed by atoms with Crippen molar-refractivity contribution in [3.63, 3.8) is 0 Å². The van der Waals surface area contributed by atoms with Crippen LogP contribution in [-0.4, -0.2) is 60.6 Å². The van der Waals surface area contributed by atoms with Crippen LogP contribution in [0.2, 0.25) is 0 Å². The van der Waals surface area contributed by atoms with E-state index in [2.05, 4.69) is 31.6 Å². The number of sulfonamides is 1. The van der Waals surface area contributed by atoms with Crippen molar-refractivity contribution in [2.24, 2.45) is 7.05 Å². The number of nitrogens with zero attached hydrogens (tertiary/aromatic N) is 8. The molecule has 0 spiro atoms. The first-order chi connectivity index (χ1) is 14.7. The Kier molecular flexibility index (Phi) is 5.24. The Morgan fingerprint density at radius 2 is 2.03 bits per heavy atom.